The molecule has 0 saturated heterocycles. The minimum absolute atomic E-state index is 0.0389. The molecule has 4 heteroatoms. The van der Waals surface area contributed by atoms with E-state index in [0.717, 1.165) is 0 Å². The molecule has 0 aliphatic rings. The summed E-state index contributed by atoms with van der Waals surface area (Å²) in [4.78, 5) is 0. The molecule has 0 radical (unpaired) electrons. The van der Waals surface area contributed by atoms with Gasteiger partial charge in [-0.2, -0.15) is 0 Å². The molecular weight excluding hydrogens is 235 g/mol. The third-order valence-corrected chi connectivity index (χ3v) is 3.20. The van der Waals surface area contributed by atoms with Crippen LogP contribution in [0.3, 0.4) is 0 Å². The minimum Gasteiger partial charge on any atom is -0.0890 e. The van der Waals surface area contributed by atoms with Crippen LogP contribution in [0.5, 0.6) is 0 Å². The van der Waals surface area contributed by atoms with Gasteiger partial charge in [0.2, 0.25) is 0 Å². The standard InChI is InChI=1S/C8H5Cl3S/c9-7(12)8(10,11)6-4-2-1-3-5-6/h1-5H. The van der Waals surface area contributed by atoms with E-state index in [0.29, 0.717) is 5.56 Å². The molecule has 0 atom stereocenters. The molecule has 0 spiro atoms. The van der Waals surface area contributed by atoms with Crippen LogP contribution >= 0.6 is 47.0 Å². The summed E-state index contributed by atoms with van der Waals surface area (Å²) in [5.74, 6) is 0. The lowest BCUT2D eigenvalue weighted by atomic mass is 10.2. The van der Waals surface area contributed by atoms with E-state index < -0.39 is 4.33 Å². The van der Waals surface area contributed by atoms with Crippen molar-refractivity contribution in [1.29, 1.82) is 0 Å². The first-order valence-corrected chi connectivity index (χ1v) is 4.72. The molecule has 1 aromatic carbocycles. The maximum Gasteiger partial charge on any atom is 0.188 e. The molecule has 0 N–H and O–H groups in total. The van der Waals surface area contributed by atoms with Crippen molar-refractivity contribution in [3.05, 3.63) is 35.9 Å². The van der Waals surface area contributed by atoms with Gasteiger partial charge in [0.25, 0.3) is 0 Å². The van der Waals surface area contributed by atoms with E-state index in [4.69, 9.17) is 47.0 Å². The van der Waals surface area contributed by atoms with Crippen LogP contribution in [0.2, 0.25) is 0 Å². The number of hydrogen-bond donors (Lipinski definition) is 0. The molecule has 0 unspecified atom stereocenters. The summed E-state index contributed by atoms with van der Waals surface area (Å²) >= 11 is 22.1. The lowest BCUT2D eigenvalue weighted by Gasteiger charge is -2.16. The largest absolute Gasteiger partial charge is 0.188 e. The molecule has 12 heavy (non-hydrogen) atoms. The highest BCUT2D eigenvalue weighted by molar-refractivity contribution is 7.83. The monoisotopic (exact) mass is 238 g/mol. The number of rotatable bonds is 2. The molecule has 0 fully saturated rings. The summed E-state index contributed by atoms with van der Waals surface area (Å²) in [6, 6.07) is 9.06. The Labute approximate surface area is 91.4 Å². The zero-order valence-electron chi connectivity index (χ0n) is 5.93. The molecule has 1 rings (SSSR count). The number of benzene rings is 1. The van der Waals surface area contributed by atoms with E-state index in [1.807, 2.05) is 18.2 Å². The fraction of sp³-hybridized carbons (Fsp3) is 0.125. The van der Waals surface area contributed by atoms with Gasteiger partial charge in [0.05, 0.1) is 0 Å². The Morgan fingerprint density at radius 1 is 1.17 bits per heavy atom. The van der Waals surface area contributed by atoms with E-state index in [1.165, 1.54) is 0 Å². The van der Waals surface area contributed by atoms with E-state index >= 15 is 0 Å². The second kappa shape index (κ2) is 3.93. The van der Waals surface area contributed by atoms with Crippen molar-refractivity contribution in [3.63, 3.8) is 0 Å². The Hall–Kier alpha value is 0.180. The Bertz CT molecular complexity index is 282. The van der Waals surface area contributed by atoms with Gasteiger partial charge in [-0.15, -0.1) is 0 Å². The van der Waals surface area contributed by atoms with Crippen molar-refractivity contribution < 1.29 is 0 Å². The molecule has 0 aliphatic heterocycles. The summed E-state index contributed by atoms with van der Waals surface area (Å²) in [6.07, 6.45) is 0. The Kier molecular flexibility index (Phi) is 3.36. The van der Waals surface area contributed by atoms with Crippen LogP contribution in [0.4, 0.5) is 0 Å². The van der Waals surface area contributed by atoms with Crippen molar-refractivity contribution in [2.45, 2.75) is 4.33 Å². The molecule has 0 aliphatic carbocycles. The number of alkyl halides is 2. The smallest absolute Gasteiger partial charge is 0.0890 e. The molecule has 0 bridgehead atoms. The third-order valence-electron chi connectivity index (χ3n) is 1.38. The fourth-order valence-corrected chi connectivity index (χ4v) is 1.24. The van der Waals surface area contributed by atoms with Crippen LogP contribution in [0.1, 0.15) is 5.56 Å². The summed E-state index contributed by atoms with van der Waals surface area (Å²) in [5, 5.41) is 0. The third kappa shape index (κ3) is 2.11. The molecule has 0 aromatic heterocycles. The fourth-order valence-electron chi connectivity index (χ4n) is 0.761. The van der Waals surface area contributed by atoms with E-state index in [9.17, 15) is 0 Å². The Balaban J connectivity index is 3.06. The van der Waals surface area contributed by atoms with E-state index in [1.54, 1.807) is 12.1 Å². The van der Waals surface area contributed by atoms with Crippen LogP contribution in [-0.2, 0) is 4.33 Å². The highest BCUT2D eigenvalue weighted by Gasteiger charge is 2.30. The van der Waals surface area contributed by atoms with Gasteiger partial charge in [-0.1, -0.05) is 77.4 Å². The Morgan fingerprint density at radius 2 is 1.67 bits per heavy atom. The zero-order valence-corrected chi connectivity index (χ0v) is 9.01. The predicted molar refractivity (Wildman–Crippen MR) is 58.3 cm³/mol. The SMILES string of the molecule is S=C(Cl)C(Cl)(Cl)c1ccccc1. The van der Waals surface area contributed by atoms with Gasteiger partial charge < -0.3 is 0 Å². The van der Waals surface area contributed by atoms with Gasteiger partial charge >= 0.3 is 0 Å². The summed E-state index contributed by atoms with van der Waals surface area (Å²) in [7, 11) is 0. The maximum atomic E-state index is 5.89. The lowest BCUT2D eigenvalue weighted by molar-refractivity contribution is 1.21. The first-order chi connectivity index (χ1) is 5.55. The predicted octanol–water partition coefficient (Wildman–Crippen LogP) is 3.88. The quantitative estimate of drug-likeness (QED) is 0.429. The van der Waals surface area contributed by atoms with Crippen LogP contribution in [0.25, 0.3) is 0 Å². The lowest BCUT2D eigenvalue weighted by Crippen LogP contribution is -2.16. The van der Waals surface area contributed by atoms with Crippen molar-refractivity contribution in [2.24, 2.45) is 0 Å². The van der Waals surface area contributed by atoms with Crippen molar-refractivity contribution in [2.75, 3.05) is 0 Å². The molecule has 0 nitrogen and oxygen atoms in total. The normalized spacial score (nSPS) is 11.2. The topological polar surface area (TPSA) is 0 Å². The number of thiocarbonyl (C=S) groups is 1. The van der Waals surface area contributed by atoms with Gasteiger partial charge in [-0.05, 0) is 5.56 Å². The van der Waals surface area contributed by atoms with Crippen LogP contribution in [-0.4, -0.2) is 4.32 Å². The van der Waals surface area contributed by atoms with Crippen molar-refractivity contribution >= 4 is 51.3 Å². The van der Waals surface area contributed by atoms with Gasteiger partial charge in [-0.25, -0.2) is 0 Å². The van der Waals surface area contributed by atoms with E-state index in [2.05, 4.69) is 0 Å². The molecule has 0 saturated carbocycles. The van der Waals surface area contributed by atoms with Crippen molar-refractivity contribution in [3.8, 4) is 0 Å². The average Bonchev–Trinajstić information content (AvgIpc) is 2.06. The van der Waals surface area contributed by atoms with Crippen LogP contribution in [0.15, 0.2) is 30.3 Å². The van der Waals surface area contributed by atoms with Crippen molar-refractivity contribution in [1.82, 2.24) is 0 Å². The highest BCUT2D eigenvalue weighted by Crippen LogP contribution is 2.36. The molecule has 0 heterocycles. The summed E-state index contributed by atoms with van der Waals surface area (Å²) < 4.78 is -1.23. The van der Waals surface area contributed by atoms with Gasteiger partial charge in [0, 0.05) is 0 Å². The minimum atomic E-state index is -1.27. The zero-order chi connectivity index (χ0) is 9.19. The van der Waals surface area contributed by atoms with E-state index in [-0.39, 0.29) is 4.32 Å². The average molecular weight is 240 g/mol. The molecule has 64 valence electrons. The molecule has 1 aromatic rings. The van der Waals surface area contributed by atoms with Crippen LogP contribution in [0, 0.1) is 0 Å². The molecule has 0 amide bonds. The molecular formula is C8H5Cl3S. The van der Waals surface area contributed by atoms with Gasteiger partial charge in [0.1, 0.15) is 4.32 Å². The summed E-state index contributed by atoms with van der Waals surface area (Å²) in [5.41, 5.74) is 0.688. The van der Waals surface area contributed by atoms with Crippen LogP contribution < -0.4 is 0 Å². The highest BCUT2D eigenvalue weighted by atomic mass is 35.5. The number of halogens is 3. The Morgan fingerprint density at radius 3 is 2.08 bits per heavy atom. The maximum absolute atomic E-state index is 5.89. The van der Waals surface area contributed by atoms with Gasteiger partial charge in [0.15, 0.2) is 4.33 Å². The first-order valence-electron chi connectivity index (χ1n) is 3.18. The second-order valence-corrected chi connectivity index (χ2v) is 4.55. The number of hydrogen-bond acceptors (Lipinski definition) is 1. The summed E-state index contributed by atoms with van der Waals surface area (Å²) in [6.45, 7) is 0. The second-order valence-electron chi connectivity index (χ2n) is 2.21. The first kappa shape index (κ1) is 10.3. The van der Waals surface area contributed by atoms with Gasteiger partial charge in [-0.3, -0.25) is 0 Å².